The van der Waals surface area contributed by atoms with Crippen LogP contribution >= 0.6 is 0 Å². The zero-order chi connectivity index (χ0) is 7.33. The SMILES string of the molecule is CCCC[Si](C)(C)CN. The Morgan fingerprint density at radius 2 is 1.89 bits per heavy atom. The van der Waals surface area contributed by atoms with E-state index in [1.807, 2.05) is 0 Å². The van der Waals surface area contributed by atoms with Crippen molar-refractivity contribution < 1.29 is 0 Å². The zero-order valence-electron chi connectivity index (χ0n) is 6.91. The van der Waals surface area contributed by atoms with Crippen molar-refractivity contribution in [2.45, 2.75) is 38.9 Å². The Kier molecular flexibility index (Phi) is 4.15. The first-order valence-corrected chi connectivity index (χ1v) is 7.24. The molecule has 0 saturated carbocycles. The Balaban J connectivity index is 3.33. The van der Waals surface area contributed by atoms with Crippen LogP contribution in [-0.4, -0.2) is 14.2 Å². The van der Waals surface area contributed by atoms with Crippen LogP contribution in [0, 0.1) is 0 Å². The Morgan fingerprint density at radius 1 is 1.33 bits per heavy atom. The molecule has 0 spiro atoms. The first-order chi connectivity index (χ1) is 4.12. The lowest BCUT2D eigenvalue weighted by atomic mass is 10.4. The Bertz CT molecular complexity index is 71.3. The van der Waals surface area contributed by atoms with Crippen molar-refractivity contribution in [1.29, 1.82) is 0 Å². The van der Waals surface area contributed by atoms with Gasteiger partial charge < -0.3 is 5.73 Å². The van der Waals surface area contributed by atoms with Crippen LogP contribution in [0.4, 0.5) is 0 Å². The summed E-state index contributed by atoms with van der Waals surface area (Å²) in [5, 5.41) is 0. The second-order valence-corrected chi connectivity index (χ2v) is 8.71. The second-order valence-electron chi connectivity index (χ2n) is 3.47. The van der Waals surface area contributed by atoms with Crippen LogP contribution in [0.2, 0.25) is 19.1 Å². The molecule has 0 radical (unpaired) electrons. The monoisotopic (exact) mass is 145 g/mol. The smallest absolute Gasteiger partial charge is 0.0623 e. The quantitative estimate of drug-likeness (QED) is 0.602. The van der Waals surface area contributed by atoms with E-state index in [4.69, 9.17) is 5.73 Å². The highest BCUT2D eigenvalue weighted by Gasteiger charge is 2.16. The van der Waals surface area contributed by atoms with Gasteiger partial charge >= 0.3 is 0 Å². The standard InChI is InChI=1S/C7H19NSi/c1-4-5-6-9(2,3)7-8/h4-8H2,1-3H3. The van der Waals surface area contributed by atoms with Crippen molar-refractivity contribution in [3.8, 4) is 0 Å². The lowest BCUT2D eigenvalue weighted by Crippen LogP contribution is -2.35. The van der Waals surface area contributed by atoms with Crippen molar-refractivity contribution in [1.82, 2.24) is 0 Å². The molecule has 0 atom stereocenters. The molecular formula is C7H19NSi. The molecule has 0 saturated heterocycles. The minimum absolute atomic E-state index is 0.920. The lowest BCUT2D eigenvalue weighted by molar-refractivity contribution is 0.863. The van der Waals surface area contributed by atoms with Crippen LogP contribution in [0.1, 0.15) is 19.8 Å². The fraction of sp³-hybridized carbons (Fsp3) is 1.00. The van der Waals surface area contributed by atoms with Crippen molar-refractivity contribution in [2.75, 3.05) is 6.17 Å². The summed E-state index contributed by atoms with van der Waals surface area (Å²) in [6, 6.07) is 1.40. The van der Waals surface area contributed by atoms with Crippen LogP contribution in [0.5, 0.6) is 0 Å². The lowest BCUT2D eigenvalue weighted by Gasteiger charge is -2.18. The molecule has 0 rings (SSSR count). The Hall–Kier alpha value is 0.177. The first kappa shape index (κ1) is 9.18. The highest BCUT2D eigenvalue weighted by atomic mass is 28.3. The Labute approximate surface area is 59.6 Å². The molecule has 0 heterocycles. The van der Waals surface area contributed by atoms with E-state index in [1.165, 1.54) is 18.9 Å². The summed E-state index contributed by atoms with van der Waals surface area (Å²) in [5.41, 5.74) is 5.61. The largest absolute Gasteiger partial charge is 0.333 e. The summed E-state index contributed by atoms with van der Waals surface area (Å²) >= 11 is 0. The van der Waals surface area contributed by atoms with Crippen molar-refractivity contribution in [3.05, 3.63) is 0 Å². The van der Waals surface area contributed by atoms with Crippen LogP contribution in [0.3, 0.4) is 0 Å². The third-order valence-corrected chi connectivity index (χ3v) is 4.57. The molecule has 0 aliphatic rings. The molecule has 1 nitrogen and oxygen atoms in total. The van der Waals surface area contributed by atoms with Crippen LogP contribution < -0.4 is 5.73 Å². The summed E-state index contributed by atoms with van der Waals surface area (Å²) in [6.45, 7) is 6.96. The molecule has 2 heteroatoms. The predicted octanol–water partition coefficient (Wildman–Crippen LogP) is 1.99. The minimum Gasteiger partial charge on any atom is -0.333 e. The summed E-state index contributed by atoms with van der Waals surface area (Å²) in [6.07, 6.45) is 3.64. The van der Waals surface area contributed by atoms with Gasteiger partial charge in [-0.1, -0.05) is 38.9 Å². The average Bonchev–Trinajstić information content (AvgIpc) is 1.84. The third-order valence-electron chi connectivity index (χ3n) is 1.76. The summed E-state index contributed by atoms with van der Waals surface area (Å²) in [4.78, 5) is 0. The van der Waals surface area contributed by atoms with Gasteiger partial charge in [0.05, 0.1) is 8.07 Å². The minimum atomic E-state index is -0.920. The topological polar surface area (TPSA) is 26.0 Å². The van der Waals surface area contributed by atoms with Crippen molar-refractivity contribution in [2.24, 2.45) is 5.73 Å². The molecule has 0 aromatic rings. The van der Waals surface area contributed by atoms with Crippen LogP contribution in [0.25, 0.3) is 0 Å². The number of rotatable bonds is 4. The molecule has 0 aromatic carbocycles. The van der Waals surface area contributed by atoms with Gasteiger partial charge in [0, 0.05) is 0 Å². The maximum absolute atomic E-state index is 5.61. The molecule has 0 aliphatic heterocycles. The molecular weight excluding hydrogens is 126 g/mol. The van der Waals surface area contributed by atoms with Gasteiger partial charge in [-0.2, -0.15) is 0 Å². The predicted molar refractivity (Wildman–Crippen MR) is 46.3 cm³/mol. The number of unbranched alkanes of at least 4 members (excludes halogenated alkanes) is 1. The summed E-state index contributed by atoms with van der Waals surface area (Å²) in [7, 11) is -0.920. The van der Waals surface area contributed by atoms with E-state index in [9.17, 15) is 0 Å². The molecule has 0 fully saturated rings. The first-order valence-electron chi connectivity index (χ1n) is 3.82. The van der Waals surface area contributed by atoms with Crippen LogP contribution in [0.15, 0.2) is 0 Å². The maximum Gasteiger partial charge on any atom is 0.0623 e. The van der Waals surface area contributed by atoms with E-state index in [-0.39, 0.29) is 0 Å². The fourth-order valence-electron chi connectivity index (χ4n) is 0.757. The molecule has 56 valence electrons. The van der Waals surface area contributed by atoms with Gasteiger partial charge in [-0.3, -0.25) is 0 Å². The van der Waals surface area contributed by atoms with Crippen LogP contribution in [-0.2, 0) is 0 Å². The van der Waals surface area contributed by atoms with Crippen molar-refractivity contribution in [3.63, 3.8) is 0 Å². The molecule has 0 aromatic heterocycles. The van der Waals surface area contributed by atoms with Gasteiger partial charge in [-0.25, -0.2) is 0 Å². The van der Waals surface area contributed by atoms with E-state index in [0.29, 0.717) is 0 Å². The molecule has 9 heavy (non-hydrogen) atoms. The average molecular weight is 145 g/mol. The van der Waals surface area contributed by atoms with E-state index in [2.05, 4.69) is 20.0 Å². The van der Waals surface area contributed by atoms with Gasteiger partial charge in [-0.05, 0) is 6.17 Å². The summed E-state index contributed by atoms with van der Waals surface area (Å²) in [5.74, 6) is 0. The number of nitrogens with two attached hydrogens (primary N) is 1. The fourth-order valence-corrected chi connectivity index (χ4v) is 2.27. The highest BCUT2D eigenvalue weighted by Crippen LogP contribution is 2.10. The molecule has 0 amide bonds. The second kappa shape index (κ2) is 4.07. The van der Waals surface area contributed by atoms with E-state index in [0.717, 1.165) is 6.17 Å². The van der Waals surface area contributed by atoms with Gasteiger partial charge in [0.1, 0.15) is 0 Å². The number of hydrogen-bond donors (Lipinski definition) is 1. The van der Waals surface area contributed by atoms with E-state index >= 15 is 0 Å². The Morgan fingerprint density at radius 3 is 2.22 bits per heavy atom. The maximum atomic E-state index is 5.61. The zero-order valence-corrected chi connectivity index (χ0v) is 7.91. The normalized spacial score (nSPS) is 12.0. The molecule has 0 unspecified atom stereocenters. The van der Waals surface area contributed by atoms with Gasteiger partial charge in [0.15, 0.2) is 0 Å². The third kappa shape index (κ3) is 4.67. The number of hydrogen-bond acceptors (Lipinski definition) is 1. The van der Waals surface area contributed by atoms with E-state index in [1.54, 1.807) is 0 Å². The van der Waals surface area contributed by atoms with Gasteiger partial charge in [-0.15, -0.1) is 0 Å². The molecule has 0 bridgehead atoms. The van der Waals surface area contributed by atoms with E-state index < -0.39 is 8.07 Å². The van der Waals surface area contributed by atoms with Crippen molar-refractivity contribution >= 4 is 8.07 Å². The molecule has 0 aliphatic carbocycles. The molecule has 2 N–H and O–H groups in total. The van der Waals surface area contributed by atoms with Gasteiger partial charge in [0.2, 0.25) is 0 Å². The summed E-state index contributed by atoms with van der Waals surface area (Å²) < 4.78 is 0. The highest BCUT2D eigenvalue weighted by molar-refractivity contribution is 6.77. The van der Waals surface area contributed by atoms with Gasteiger partial charge in [0.25, 0.3) is 0 Å².